The van der Waals surface area contributed by atoms with Gasteiger partial charge in [-0.1, -0.05) is 11.6 Å². The maximum absolute atomic E-state index is 12.4. The fourth-order valence-electron chi connectivity index (χ4n) is 2.23. The van der Waals surface area contributed by atoms with Crippen LogP contribution in [0.5, 0.6) is 0 Å². The molecule has 9 heteroatoms. The number of carbonyl (C=O) groups is 2. The Bertz CT molecular complexity index is 1060. The Morgan fingerprint density at radius 1 is 1.27 bits per heavy atom. The number of hydrogen-bond acceptors (Lipinski definition) is 5. The fourth-order valence-corrected chi connectivity index (χ4v) is 3.23. The number of hydrogen-bond donors (Lipinski definition) is 2. The summed E-state index contributed by atoms with van der Waals surface area (Å²) in [5.74, 6) is -0.755. The van der Waals surface area contributed by atoms with Crippen molar-refractivity contribution in [2.75, 3.05) is 10.6 Å². The Hall–Kier alpha value is -3.15. The largest absolute Gasteiger partial charge is 0.326 e. The van der Waals surface area contributed by atoms with Gasteiger partial charge in [0.1, 0.15) is 11.6 Å². The molecule has 0 unspecified atom stereocenters. The second-order valence-corrected chi connectivity index (χ2v) is 6.46. The van der Waals surface area contributed by atoms with Gasteiger partial charge >= 0.3 is 0 Å². The molecule has 2 amide bonds. The lowest BCUT2D eigenvalue weighted by Crippen LogP contribution is -2.13. The van der Waals surface area contributed by atoms with Crippen molar-refractivity contribution < 1.29 is 9.59 Å². The number of imidazole rings is 1. The first kappa shape index (κ1) is 17.7. The lowest BCUT2D eigenvalue weighted by atomic mass is 10.2. The zero-order chi connectivity index (χ0) is 18.7. The molecule has 0 bridgehead atoms. The van der Waals surface area contributed by atoms with E-state index in [-0.39, 0.29) is 16.6 Å². The number of thiazole rings is 1. The SMILES string of the molecule is CC(=O)Nc1ccc(NC(=O)/C(C#N)=C/c2c(Cl)nc3sccn23)cc1. The van der Waals surface area contributed by atoms with Crippen LogP contribution in [0.2, 0.25) is 5.15 Å². The first-order chi connectivity index (χ1) is 12.5. The molecule has 130 valence electrons. The van der Waals surface area contributed by atoms with E-state index >= 15 is 0 Å². The Morgan fingerprint density at radius 2 is 1.92 bits per heavy atom. The van der Waals surface area contributed by atoms with Gasteiger partial charge in [0.05, 0.1) is 5.69 Å². The van der Waals surface area contributed by atoms with Crippen LogP contribution in [-0.4, -0.2) is 21.2 Å². The lowest BCUT2D eigenvalue weighted by molar-refractivity contribution is -0.114. The summed E-state index contributed by atoms with van der Waals surface area (Å²) < 4.78 is 1.71. The highest BCUT2D eigenvalue weighted by Gasteiger charge is 2.14. The number of fused-ring (bicyclic) bond motifs is 1. The number of nitriles is 1. The van der Waals surface area contributed by atoms with Crippen LogP contribution in [-0.2, 0) is 9.59 Å². The van der Waals surface area contributed by atoms with Gasteiger partial charge in [-0.15, -0.1) is 11.3 Å². The molecule has 3 aromatic rings. The topological polar surface area (TPSA) is 99.3 Å². The van der Waals surface area contributed by atoms with Crippen molar-refractivity contribution in [3.05, 3.63) is 52.3 Å². The summed E-state index contributed by atoms with van der Waals surface area (Å²) in [6.07, 6.45) is 3.16. The van der Waals surface area contributed by atoms with Crippen molar-refractivity contribution in [1.29, 1.82) is 5.26 Å². The number of benzene rings is 1. The molecule has 2 aromatic heterocycles. The van der Waals surface area contributed by atoms with Crippen LogP contribution in [0.25, 0.3) is 11.0 Å². The van der Waals surface area contributed by atoms with E-state index in [4.69, 9.17) is 11.6 Å². The third-order valence-corrected chi connectivity index (χ3v) is 4.40. The number of nitrogens with zero attached hydrogens (tertiary/aromatic N) is 3. The molecular formula is C17H12ClN5O2S. The molecule has 0 radical (unpaired) electrons. The number of anilines is 2. The van der Waals surface area contributed by atoms with E-state index in [1.165, 1.54) is 24.3 Å². The van der Waals surface area contributed by atoms with E-state index in [2.05, 4.69) is 15.6 Å². The second-order valence-electron chi connectivity index (χ2n) is 5.23. The van der Waals surface area contributed by atoms with Crippen molar-refractivity contribution in [2.45, 2.75) is 6.92 Å². The smallest absolute Gasteiger partial charge is 0.266 e. The molecule has 0 saturated carbocycles. The number of nitrogens with one attached hydrogen (secondary N) is 2. The third-order valence-electron chi connectivity index (χ3n) is 3.36. The first-order valence-electron chi connectivity index (χ1n) is 7.40. The molecule has 0 fully saturated rings. The van der Waals surface area contributed by atoms with Gasteiger partial charge < -0.3 is 10.6 Å². The number of carbonyl (C=O) groups excluding carboxylic acids is 2. The molecule has 2 N–H and O–H groups in total. The highest BCUT2D eigenvalue weighted by molar-refractivity contribution is 7.15. The summed E-state index contributed by atoms with van der Waals surface area (Å²) in [5, 5.41) is 16.7. The highest BCUT2D eigenvalue weighted by atomic mass is 35.5. The summed E-state index contributed by atoms with van der Waals surface area (Å²) in [6.45, 7) is 1.41. The number of amides is 2. The van der Waals surface area contributed by atoms with Crippen molar-refractivity contribution in [2.24, 2.45) is 0 Å². The van der Waals surface area contributed by atoms with Gasteiger partial charge in [0, 0.05) is 29.9 Å². The molecule has 0 atom stereocenters. The molecule has 0 aliphatic heterocycles. The number of aromatic nitrogens is 2. The Morgan fingerprint density at radius 3 is 2.54 bits per heavy atom. The fraction of sp³-hybridized carbons (Fsp3) is 0.0588. The third kappa shape index (κ3) is 3.74. The molecule has 26 heavy (non-hydrogen) atoms. The predicted octanol–water partition coefficient (Wildman–Crippen LogP) is 3.55. The Kier molecular flexibility index (Phi) is 5.02. The van der Waals surface area contributed by atoms with Gasteiger partial charge in [0.2, 0.25) is 5.91 Å². The van der Waals surface area contributed by atoms with Crippen molar-refractivity contribution in [1.82, 2.24) is 9.38 Å². The average molecular weight is 386 g/mol. The van der Waals surface area contributed by atoms with Gasteiger partial charge in [-0.2, -0.15) is 5.26 Å². The molecular weight excluding hydrogens is 374 g/mol. The lowest BCUT2D eigenvalue weighted by Gasteiger charge is -2.06. The van der Waals surface area contributed by atoms with Crippen LogP contribution in [0.15, 0.2) is 41.4 Å². The molecule has 0 aliphatic carbocycles. The highest BCUT2D eigenvalue weighted by Crippen LogP contribution is 2.24. The number of rotatable bonds is 4. The standard InChI is InChI=1S/C17H12ClN5O2S/c1-10(24)20-12-2-4-13(5-3-12)21-16(25)11(9-19)8-14-15(18)22-17-23(14)6-7-26-17/h2-8H,1H3,(H,20,24)(H,21,25)/b11-8+. The minimum atomic E-state index is -0.568. The maximum atomic E-state index is 12.4. The molecule has 3 rings (SSSR count). The molecule has 0 aliphatic rings. The second kappa shape index (κ2) is 7.39. The van der Waals surface area contributed by atoms with Gasteiger partial charge in [-0.25, -0.2) is 4.98 Å². The summed E-state index contributed by atoms with van der Waals surface area (Å²) >= 11 is 7.49. The summed E-state index contributed by atoms with van der Waals surface area (Å²) in [5.41, 5.74) is 1.46. The Labute approximate surface area is 157 Å². The van der Waals surface area contributed by atoms with E-state index < -0.39 is 5.91 Å². The van der Waals surface area contributed by atoms with Crippen molar-refractivity contribution >= 4 is 57.2 Å². The van der Waals surface area contributed by atoms with E-state index in [0.717, 1.165) is 0 Å². The summed E-state index contributed by atoms with van der Waals surface area (Å²) in [6, 6.07) is 8.43. The van der Waals surface area contributed by atoms with Crippen molar-refractivity contribution in [3.8, 4) is 6.07 Å². The predicted molar refractivity (Wildman–Crippen MR) is 101 cm³/mol. The number of halogens is 1. The van der Waals surface area contributed by atoms with Gasteiger partial charge in [-0.05, 0) is 30.3 Å². The van der Waals surface area contributed by atoms with Crippen LogP contribution >= 0.6 is 22.9 Å². The molecule has 0 saturated heterocycles. The average Bonchev–Trinajstić information content (AvgIpc) is 3.15. The summed E-state index contributed by atoms with van der Waals surface area (Å²) in [4.78, 5) is 28.2. The van der Waals surface area contributed by atoms with E-state index in [0.29, 0.717) is 22.0 Å². The quantitative estimate of drug-likeness (QED) is 0.529. The maximum Gasteiger partial charge on any atom is 0.266 e. The van der Waals surface area contributed by atoms with E-state index in [1.54, 1.807) is 34.9 Å². The monoisotopic (exact) mass is 385 g/mol. The van der Waals surface area contributed by atoms with Crippen molar-refractivity contribution in [3.63, 3.8) is 0 Å². The van der Waals surface area contributed by atoms with Crippen LogP contribution in [0.4, 0.5) is 11.4 Å². The van der Waals surface area contributed by atoms with Crippen LogP contribution in [0.3, 0.4) is 0 Å². The van der Waals surface area contributed by atoms with Gasteiger partial charge in [0.15, 0.2) is 10.1 Å². The Balaban J connectivity index is 1.81. The normalized spacial score (nSPS) is 11.2. The summed E-state index contributed by atoms with van der Waals surface area (Å²) in [7, 11) is 0. The van der Waals surface area contributed by atoms with Gasteiger partial charge in [0.25, 0.3) is 5.91 Å². The minimum absolute atomic E-state index is 0.106. The molecule has 2 heterocycles. The molecule has 0 spiro atoms. The minimum Gasteiger partial charge on any atom is -0.326 e. The molecule has 1 aromatic carbocycles. The van der Waals surface area contributed by atoms with Crippen LogP contribution in [0.1, 0.15) is 12.6 Å². The zero-order valence-electron chi connectivity index (χ0n) is 13.5. The molecule has 7 nitrogen and oxygen atoms in total. The zero-order valence-corrected chi connectivity index (χ0v) is 15.1. The van der Waals surface area contributed by atoms with Crippen LogP contribution < -0.4 is 10.6 Å². The van der Waals surface area contributed by atoms with Gasteiger partial charge in [-0.3, -0.25) is 14.0 Å². The van der Waals surface area contributed by atoms with Crippen LogP contribution in [0, 0.1) is 11.3 Å². The van der Waals surface area contributed by atoms with E-state index in [1.807, 2.05) is 11.4 Å². The first-order valence-corrected chi connectivity index (χ1v) is 8.65. The van der Waals surface area contributed by atoms with E-state index in [9.17, 15) is 14.9 Å².